The highest BCUT2D eigenvalue weighted by atomic mass is 16.5. The molecule has 1 aliphatic rings. The molecule has 5 heteroatoms. The van der Waals surface area contributed by atoms with E-state index in [9.17, 15) is 0 Å². The number of hydrogen-bond acceptors (Lipinski definition) is 5. The molecular formula is C21H23N3O2. The predicted molar refractivity (Wildman–Crippen MR) is 99.3 cm³/mol. The van der Waals surface area contributed by atoms with Crippen LogP contribution in [0.1, 0.15) is 24.3 Å². The number of hydrogen-bond donors (Lipinski definition) is 0. The van der Waals surface area contributed by atoms with Crippen LogP contribution >= 0.6 is 0 Å². The maximum absolute atomic E-state index is 5.90. The number of nitrogens with zero attached hydrogens (tertiary/aromatic N) is 3. The van der Waals surface area contributed by atoms with Crippen LogP contribution in [-0.2, 0) is 17.8 Å². The Labute approximate surface area is 153 Å². The summed E-state index contributed by atoms with van der Waals surface area (Å²) < 4.78 is 11.7. The fourth-order valence-electron chi connectivity index (χ4n) is 3.31. The fraction of sp³-hybridized carbons (Fsp3) is 0.333. The first-order chi connectivity index (χ1) is 12.9. The van der Waals surface area contributed by atoms with Gasteiger partial charge < -0.3 is 9.15 Å². The molecule has 3 aromatic rings. The van der Waals surface area contributed by atoms with Gasteiger partial charge in [0.25, 0.3) is 0 Å². The highest BCUT2D eigenvalue weighted by molar-refractivity contribution is 5.51. The first kappa shape index (κ1) is 16.9. The van der Waals surface area contributed by atoms with Gasteiger partial charge in [0.2, 0.25) is 11.8 Å². The van der Waals surface area contributed by atoms with Crippen LogP contribution in [0.3, 0.4) is 0 Å². The highest BCUT2D eigenvalue weighted by Gasteiger charge is 2.21. The lowest BCUT2D eigenvalue weighted by atomic mass is 10.2. The lowest BCUT2D eigenvalue weighted by molar-refractivity contribution is 0.0649. The van der Waals surface area contributed by atoms with Crippen molar-refractivity contribution in [3.05, 3.63) is 72.1 Å². The maximum atomic E-state index is 5.90. The molecule has 0 spiro atoms. The van der Waals surface area contributed by atoms with E-state index in [0.29, 0.717) is 18.3 Å². The molecule has 134 valence electrons. The summed E-state index contributed by atoms with van der Waals surface area (Å²) in [5.41, 5.74) is 2.22. The topological polar surface area (TPSA) is 51.4 Å². The van der Waals surface area contributed by atoms with Crippen LogP contribution in [-0.4, -0.2) is 34.4 Å². The summed E-state index contributed by atoms with van der Waals surface area (Å²) in [6, 6.07) is 20.3. The number of rotatable bonds is 7. The second kappa shape index (κ2) is 8.25. The van der Waals surface area contributed by atoms with Gasteiger partial charge in [-0.2, -0.15) is 0 Å². The summed E-state index contributed by atoms with van der Waals surface area (Å²) in [5, 5.41) is 8.45. The molecule has 0 saturated carbocycles. The molecular weight excluding hydrogens is 326 g/mol. The highest BCUT2D eigenvalue weighted by Crippen LogP contribution is 2.20. The zero-order chi connectivity index (χ0) is 17.6. The van der Waals surface area contributed by atoms with E-state index in [2.05, 4.69) is 39.4 Å². The second-order valence-corrected chi connectivity index (χ2v) is 6.66. The Morgan fingerprint density at radius 1 is 0.923 bits per heavy atom. The molecule has 1 aliphatic heterocycles. The van der Waals surface area contributed by atoms with Gasteiger partial charge >= 0.3 is 0 Å². The summed E-state index contributed by atoms with van der Waals surface area (Å²) in [4.78, 5) is 2.33. The third-order valence-electron chi connectivity index (χ3n) is 4.58. The van der Waals surface area contributed by atoms with Gasteiger partial charge in [-0.25, -0.2) is 0 Å². The van der Waals surface area contributed by atoms with E-state index in [1.165, 1.54) is 5.56 Å². The monoisotopic (exact) mass is 349 g/mol. The average molecular weight is 349 g/mol. The Balaban J connectivity index is 1.47. The van der Waals surface area contributed by atoms with Crippen molar-refractivity contribution in [2.75, 3.05) is 13.2 Å². The third-order valence-corrected chi connectivity index (χ3v) is 4.58. The summed E-state index contributed by atoms with van der Waals surface area (Å²) in [6.45, 7) is 3.19. The lowest BCUT2D eigenvalue weighted by Crippen LogP contribution is -2.31. The van der Waals surface area contributed by atoms with Crippen LogP contribution < -0.4 is 0 Å². The molecule has 0 bridgehead atoms. The van der Waals surface area contributed by atoms with Gasteiger partial charge in [0.15, 0.2) is 0 Å². The van der Waals surface area contributed by atoms with Crippen LogP contribution in [0.2, 0.25) is 0 Å². The molecule has 1 saturated heterocycles. The third kappa shape index (κ3) is 4.36. The van der Waals surface area contributed by atoms with Gasteiger partial charge in [-0.05, 0) is 30.5 Å². The maximum Gasteiger partial charge on any atom is 0.247 e. The minimum atomic E-state index is 0.287. The molecule has 2 aromatic carbocycles. The van der Waals surface area contributed by atoms with Crippen molar-refractivity contribution in [3.8, 4) is 11.5 Å². The molecule has 4 rings (SSSR count). The summed E-state index contributed by atoms with van der Waals surface area (Å²) in [7, 11) is 0. The molecule has 0 N–H and O–H groups in total. The van der Waals surface area contributed by atoms with Crippen molar-refractivity contribution >= 4 is 0 Å². The zero-order valence-corrected chi connectivity index (χ0v) is 14.8. The van der Waals surface area contributed by atoms with Crippen LogP contribution in [0.15, 0.2) is 65.1 Å². The molecule has 1 unspecified atom stereocenters. The molecule has 1 aromatic heterocycles. The normalized spacial score (nSPS) is 17.0. The van der Waals surface area contributed by atoms with E-state index in [1.807, 2.05) is 36.4 Å². The Hall–Kier alpha value is -2.50. The van der Waals surface area contributed by atoms with E-state index < -0.39 is 0 Å². The number of aromatic nitrogens is 2. The Bertz CT molecular complexity index is 798. The second-order valence-electron chi connectivity index (χ2n) is 6.66. The van der Waals surface area contributed by atoms with E-state index >= 15 is 0 Å². The van der Waals surface area contributed by atoms with Gasteiger partial charge in [0.05, 0.1) is 12.6 Å². The van der Waals surface area contributed by atoms with Crippen molar-refractivity contribution in [2.45, 2.75) is 32.0 Å². The van der Waals surface area contributed by atoms with Crippen molar-refractivity contribution in [1.82, 2.24) is 15.1 Å². The van der Waals surface area contributed by atoms with Crippen molar-refractivity contribution in [2.24, 2.45) is 0 Å². The minimum Gasteiger partial charge on any atom is -0.419 e. The van der Waals surface area contributed by atoms with Crippen molar-refractivity contribution in [1.29, 1.82) is 0 Å². The summed E-state index contributed by atoms with van der Waals surface area (Å²) >= 11 is 0. The molecule has 2 heterocycles. The van der Waals surface area contributed by atoms with E-state index in [-0.39, 0.29) is 6.10 Å². The van der Waals surface area contributed by atoms with E-state index in [4.69, 9.17) is 9.15 Å². The predicted octanol–water partition coefficient (Wildman–Crippen LogP) is 3.92. The fourth-order valence-corrected chi connectivity index (χ4v) is 3.31. The van der Waals surface area contributed by atoms with Crippen LogP contribution in [0, 0.1) is 0 Å². The summed E-state index contributed by atoms with van der Waals surface area (Å²) in [5.74, 6) is 1.20. The average Bonchev–Trinajstić information content (AvgIpc) is 3.35. The molecule has 0 radical (unpaired) electrons. The van der Waals surface area contributed by atoms with Crippen LogP contribution in [0.25, 0.3) is 11.5 Å². The SMILES string of the molecule is c1ccc(CN(Cc2nnc(-c3ccccc3)o2)CC2CCCO2)cc1. The minimum absolute atomic E-state index is 0.287. The zero-order valence-electron chi connectivity index (χ0n) is 14.8. The van der Waals surface area contributed by atoms with E-state index in [1.54, 1.807) is 0 Å². The van der Waals surface area contributed by atoms with Crippen molar-refractivity contribution < 1.29 is 9.15 Å². The Kier molecular flexibility index (Phi) is 5.38. The molecule has 5 nitrogen and oxygen atoms in total. The van der Waals surface area contributed by atoms with Gasteiger partial charge in [-0.15, -0.1) is 10.2 Å². The quantitative estimate of drug-likeness (QED) is 0.647. The molecule has 26 heavy (non-hydrogen) atoms. The first-order valence-electron chi connectivity index (χ1n) is 9.12. The number of ether oxygens (including phenoxy) is 1. The lowest BCUT2D eigenvalue weighted by Gasteiger charge is -2.23. The van der Waals surface area contributed by atoms with Gasteiger partial charge in [-0.1, -0.05) is 48.5 Å². The molecule has 0 aliphatic carbocycles. The first-order valence-corrected chi connectivity index (χ1v) is 9.12. The molecule has 1 fully saturated rings. The standard InChI is InChI=1S/C21H23N3O2/c1-3-8-17(9-4-1)14-24(15-19-12-7-13-25-19)16-20-22-23-21(26-20)18-10-5-2-6-11-18/h1-6,8-11,19H,7,12-16H2. The van der Waals surface area contributed by atoms with E-state index in [0.717, 1.165) is 38.1 Å². The van der Waals surface area contributed by atoms with Gasteiger partial charge in [0, 0.05) is 25.3 Å². The van der Waals surface area contributed by atoms with Gasteiger partial charge in [0.1, 0.15) is 0 Å². The largest absolute Gasteiger partial charge is 0.419 e. The van der Waals surface area contributed by atoms with Crippen LogP contribution in [0.5, 0.6) is 0 Å². The Morgan fingerprint density at radius 3 is 2.42 bits per heavy atom. The smallest absolute Gasteiger partial charge is 0.247 e. The molecule has 0 amide bonds. The van der Waals surface area contributed by atoms with Crippen molar-refractivity contribution in [3.63, 3.8) is 0 Å². The summed E-state index contributed by atoms with van der Waals surface area (Å²) in [6.07, 6.45) is 2.54. The molecule has 1 atom stereocenters. The number of benzene rings is 2. The Morgan fingerprint density at radius 2 is 1.69 bits per heavy atom. The van der Waals surface area contributed by atoms with Crippen LogP contribution in [0.4, 0.5) is 0 Å². The van der Waals surface area contributed by atoms with Gasteiger partial charge in [-0.3, -0.25) is 4.90 Å².